The van der Waals surface area contributed by atoms with Crippen LogP contribution >= 0.6 is 0 Å². The summed E-state index contributed by atoms with van der Waals surface area (Å²) in [6.45, 7) is 1.92. The Labute approximate surface area is 194 Å². The number of rotatable bonds is 7. The van der Waals surface area contributed by atoms with Crippen LogP contribution in [0.5, 0.6) is 0 Å². The first-order valence-electron chi connectivity index (χ1n) is 10.7. The van der Waals surface area contributed by atoms with Gasteiger partial charge in [0.15, 0.2) is 0 Å². The number of benzene rings is 2. The van der Waals surface area contributed by atoms with Gasteiger partial charge in [-0.15, -0.1) is 0 Å². The molecule has 2 aromatic carbocycles. The minimum atomic E-state index is -0.969. The van der Waals surface area contributed by atoms with E-state index in [1.165, 1.54) is 16.5 Å². The molecule has 0 saturated carbocycles. The van der Waals surface area contributed by atoms with Gasteiger partial charge in [-0.3, -0.25) is 18.9 Å². The van der Waals surface area contributed by atoms with Crippen LogP contribution in [0, 0.1) is 0 Å². The maximum atomic E-state index is 13.0. The minimum absolute atomic E-state index is 0.00561. The summed E-state index contributed by atoms with van der Waals surface area (Å²) < 4.78 is 12.0. The van der Waals surface area contributed by atoms with Gasteiger partial charge in [-0.2, -0.15) is 0 Å². The van der Waals surface area contributed by atoms with Gasteiger partial charge in [-0.05, 0) is 34.2 Å². The highest BCUT2D eigenvalue weighted by molar-refractivity contribution is 5.95. The third kappa shape index (κ3) is 5.38. The highest BCUT2D eigenvalue weighted by atomic mass is 16.5. The van der Waals surface area contributed by atoms with Crippen LogP contribution in [0.15, 0.2) is 63.9 Å². The van der Waals surface area contributed by atoms with Crippen molar-refractivity contribution in [2.75, 3.05) is 23.8 Å². The number of hydrogen-bond acceptors (Lipinski definition) is 6. The SMILES string of the molecule is CC(=O)Nc1ccc(NC(=O)CC2OCCN(Cc3c(=O)o[nH][n+]3-c3ccccc3)C2=O)cc1. The van der Waals surface area contributed by atoms with E-state index in [4.69, 9.17) is 9.26 Å². The predicted octanol–water partition coefficient (Wildman–Crippen LogP) is 0.959. The van der Waals surface area contributed by atoms with E-state index in [-0.39, 0.29) is 43.6 Å². The van der Waals surface area contributed by atoms with Gasteiger partial charge in [-0.1, -0.05) is 18.2 Å². The molecule has 4 rings (SSSR count). The molecular formula is C23H24N5O6+. The number of para-hydroxylation sites is 1. The second-order valence-electron chi connectivity index (χ2n) is 7.73. The Morgan fingerprint density at radius 1 is 1.06 bits per heavy atom. The molecule has 1 aliphatic rings. The lowest BCUT2D eigenvalue weighted by Gasteiger charge is -2.30. The van der Waals surface area contributed by atoms with E-state index in [9.17, 15) is 19.2 Å². The van der Waals surface area contributed by atoms with Crippen LogP contribution in [0.2, 0.25) is 0 Å². The van der Waals surface area contributed by atoms with Gasteiger partial charge < -0.3 is 20.3 Å². The summed E-state index contributed by atoms with van der Waals surface area (Å²) in [5.41, 5.74) is 1.48. The third-order valence-corrected chi connectivity index (χ3v) is 5.22. The summed E-state index contributed by atoms with van der Waals surface area (Å²) >= 11 is 0. The van der Waals surface area contributed by atoms with Gasteiger partial charge in [-0.25, -0.2) is 4.79 Å². The average Bonchev–Trinajstić information content (AvgIpc) is 3.18. The molecule has 0 bridgehead atoms. The van der Waals surface area contributed by atoms with Gasteiger partial charge in [0.1, 0.15) is 12.6 Å². The maximum Gasteiger partial charge on any atom is 0.432 e. The molecule has 11 heteroatoms. The monoisotopic (exact) mass is 466 g/mol. The topological polar surface area (TPSA) is 138 Å². The number of anilines is 2. The van der Waals surface area contributed by atoms with E-state index in [1.807, 2.05) is 18.2 Å². The molecule has 11 nitrogen and oxygen atoms in total. The van der Waals surface area contributed by atoms with Crippen molar-refractivity contribution in [1.82, 2.24) is 10.2 Å². The van der Waals surface area contributed by atoms with Crippen molar-refractivity contribution in [2.24, 2.45) is 0 Å². The van der Waals surface area contributed by atoms with Crippen LogP contribution in [-0.4, -0.2) is 47.1 Å². The highest BCUT2D eigenvalue weighted by Crippen LogP contribution is 2.16. The quantitative estimate of drug-likeness (QED) is 0.444. The largest absolute Gasteiger partial charge is 0.432 e. The van der Waals surface area contributed by atoms with Crippen LogP contribution in [0.1, 0.15) is 19.0 Å². The van der Waals surface area contributed by atoms with Gasteiger partial charge in [0.2, 0.25) is 17.5 Å². The van der Waals surface area contributed by atoms with Gasteiger partial charge in [0, 0.05) is 37.0 Å². The summed E-state index contributed by atoms with van der Waals surface area (Å²) in [5, 5.41) is 7.91. The van der Waals surface area contributed by atoms with Crippen molar-refractivity contribution in [3.8, 4) is 5.69 Å². The fourth-order valence-corrected chi connectivity index (χ4v) is 3.61. The smallest absolute Gasteiger partial charge is 0.366 e. The Hall–Kier alpha value is -4.25. The fraction of sp³-hybridized carbons (Fsp3) is 0.261. The normalized spacial score (nSPS) is 15.7. The fourth-order valence-electron chi connectivity index (χ4n) is 3.61. The Bertz CT molecular complexity index is 1230. The number of carbonyl (C=O) groups excluding carboxylic acids is 3. The molecule has 3 N–H and O–H groups in total. The number of ether oxygens (including phenoxy) is 1. The van der Waals surface area contributed by atoms with Gasteiger partial charge in [0.05, 0.1) is 13.0 Å². The first kappa shape index (κ1) is 22.9. The number of nitrogens with zero attached hydrogens (tertiary/aromatic N) is 2. The van der Waals surface area contributed by atoms with Crippen molar-refractivity contribution in [3.63, 3.8) is 0 Å². The lowest BCUT2D eigenvalue weighted by molar-refractivity contribution is -0.678. The molecule has 1 unspecified atom stereocenters. The first-order valence-corrected chi connectivity index (χ1v) is 10.7. The molecule has 1 aromatic heterocycles. The molecule has 1 atom stereocenters. The van der Waals surface area contributed by atoms with Crippen LogP contribution in [0.25, 0.3) is 5.69 Å². The van der Waals surface area contributed by atoms with Gasteiger partial charge >= 0.3 is 11.3 Å². The number of hydrogen-bond donors (Lipinski definition) is 3. The number of H-pyrrole nitrogens is 1. The van der Waals surface area contributed by atoms with Crippen molar-refractivity contribution in [1.29, 1.82) is 0 Å². The predicted molar refractivity (Wildman–Crippen MR) is 120 cm³/mol. The zero-order chi connectivity index (χ0) is 24.1. The molecule has 3 amide bonds. The molecule has 1 aliphatic heterocycles. The standard InChI is InChI=1S/C23H23N5O6/c1-15(29)24-16-7-9-17(10-8-16)25-21(30)13-20-22(31)27(11-12-33-20)14-19-23(32)34-26-28(19)18-5-3-2-4-6-18/h2-10,20,26,32H,11-14H2,1H3/p+1. The molecule has 1 fully saturated rings. The first-order chi connectivity index (χ1) is 16.4. The highest BCUT2D eigenvalue weighted by Gasteiger charge is 2.35. The summed E-state index contributed by atoms with van der Waals surface area (Å²) in [6, 6.07) is 15.7. The van der Waals surface area contributed by atoms with Gasteiger partial charge in [0.25, 0.3) is 5.91 Å². The molecule has 2 heterocycles. The molecular weight excluding hydrogens is 442 g/mol. The molecule has 34 heavy (non-hydrogen) atoms. The molecule has 176 valence electrons. The number of morpholine rings is 1. The lowest BCUT2D eigenvalue weighted by Crippen LogP contribution is -2.51. The number of carbonyl (C=O) groups is 3. The second-order valence-corrected chi connectivity index (χ2v) is 7.73. The summed E-state index contributed by atoms with van der Waals surface area (Å²) in [6.07, 6.45) is -1.15. The van der Waals surface area contributed by atoms with Crippen molar-refractivity contribution >= 4 is 29.1 Å². The van der Waals surface area contributed by atoms with Crippen LogP contribution < -0.4 is 20.9 Å². The summed E-state index contributed by atoms with van der Waals surface area (Å²) in [5.74, 6) is -0.975. The molecule has 1 saturated heterocycles. The van der Waals surface area contributed by atoms with E-state index in [1.54, 1.807) is 36.4 Å². The van der Waals surface area contributed by atoms with Crippen LogP contribution in [0.3, 0.4) is 0 Å². The molecule has 3 aromatic rings. The van der Waals surface area contributed by atoms with E-state index in [2.05, 4.69) is 15.9 Å². The lowest BCUT2D eigenvalue weighted by atomic mass is 10.1. The van der Waals surface area contributed by atoms with Crippen molar-refractivity contribution in [3.05, 3.63) is 70.7 Å². The van der Waals surface area contributed by atoms with Crippen LogP contribution in [0.4, 0.5) is 11.4 Å². The zero-order valence-corrected chi connectivity index (χ0v) is 18.4. The maximum absolute atomic E-state index is 13.0. The van der Waals surface area contributed by atoms with E-state index in [0.29, 0.717) is 17.1 Å². The number of amides is 3. The van der Waals surface area contributed by atoms with E-state index in [0.717, 1.165) is 0 Å². The minimum Gasteiger partial charge on any atom is -0.366 e. The van der Waals surface area contributed by atoms with E-state index < -0.39 is 17.6 Å². The Morgan fingerprint density at radius 2 is 1.74 bits per heavy atom. The molecule has 0 spiro atoms. The Morgan fingerprint density at radius 3 is 2.41 bits per heavy atom. The number of aromatic amines is 1. The zero-order valence-electron chi connectivity index (χ0n) is 18.4. The third-order valence-electron chi connectivity index (χ3n) is 5.22. The van der Waals surface area contributed by atoms with Crippen molar-refractivity contribution in [2.45, 2.75) is 26.0 Å². The second kappa shape index (κ2) is 10.1. The molecule has 0 radical (unpaired) electrons. The Balaban J connectivity index is 1.39. The average molecular weight is 466 g/mol. The van der Waals surface area contributed by atoms with Crippen molar-refractivity contribution < 1.29 is 28.3 Å². The number of nitrogens with one attached hydrogen (secondary N) is 3. The molecule has 0 aliphatic carbocycles. The van der Waals surface area contributed by atoms with E-state index >= 15 is 0 Å². The summed E-state index contributed by atoms with van der Waals surface area (Å²) in [4.78, 5) is 50.3. The Kier molecular flexibility index (Phi) is 6.83. The summed E-state index contributed by atoms with van der Waals surface area (Å²) in [7, 11) is 0. The number of aromatic nitrogens is 2. The van der Waals surface area contributed by atoms with Crippen LogP contribution in [-0.2, 0) is 25.7 Å².